The van der Waals surface area contributed by atoms with Gasteiger partial charge in [0.15, 0.2) is 5.82 Å². The summed E-state index contributed by atoms with van der Waals surface area (Å²) in [5.74, 6) is 0.383. The van der Waals surface area contributed by atoms with E-state index in [1.165, 1.54) is 11.8 Å². The Labute approximate surface area is 192 Å². The van der Waals surface area contributed by atoms with Crippen molar-refractivity contribution >= 4 is 17.8 Å². The maximum Gasteiger partial charge on any atom is 0.407 e. The second-order valence-electron chi connectivity index (χ2n) is 8.69. The number of nitrogens with one attached hydrogen (secondary N) is 3. The molecule has 2 heterocycles. The minimum absolute atomic E-state index is 0.0437. The number of hydrogen-bond donors (Lipinski definition) is 3. The molecule has 0 spiro atoms. The molecule has 2 atom stereocenters. The number of H-pyrrole nitrogens is 1. The molecule has 3 aromatic rings. The number of hydrogen-bond acceptors (Lipinski definition) is 5. The highest BCUT2D eigenvalue weighted by Crippen LogP contribution is 2.35. The SMILES string of the molecule is CCc1ccc(-n2cc(C(=O)Nc3cc([C@H]4CC[C@@H](OC(=O)NC(C)C)C4)[nH]n3)cn2)cc1. The van der Waals surface area contributed by atoms with E-state index in [1.54, 1.807) is 10.9 Å². The van der Waals surface area contributed by atoms with E-state index in [2.05, 4.69) is 45.0 Å². The quantitative estimate of drug-likeness (QED) is 0.500. The predicted molar refractivity (Wildman–Crippen MR) is 125 cm³/mol. The summed E-state index contributed by atoms with van der Waals surface area (Å²) in [6, 6.07) is 9.96. The van der Waals surface area contributed by atoms with Crippen LogP contribution in [0.4, 0.5) is 10.6 Å². The van der Waals surface area contributed by atoms with Crippen molar-refractivity contribution in [3.05, 3.63) is 59.5 Å². The number of rotatable bonds is 7. The standard InChI is InChI=1S/C24H30N6O3/c1-4-16-5-8-19(9-6-16)30-14-18(13-25-30)23(31)27-22-12-21(28-29-22)17-7-10-20(11-17)33-24(32)26-15(2)3/h5-6,8-9,12-15,17,20H,4,7,10-11H2,1-3H3,(H,26,32)(H2,27,28,29,31)/t17-,20+/m0/s1. The minimum atomic E-state index is -0.380. The molecule has 1 aromatic carbocycles. The van der Waals surface area contributed by atoms with Gasteiger partial charge in [-0.05, 0) is 57.2 Å². The van der Waals surface area contributed by atoms with Gasteiger partial charge < -0.3 is 15.4 Å². The molecule has 1 aliphatic carbocycles. The molecule has 0 aliphatic heterocycles. The summed E-state index contributed by atoms with van der Waals surface area (Å²) in [4.78, 5) is 24.5. The molecule has 174 valence electrons. The highest BCUT2D eigenvalue weighted by Gasteiger charge is 2.30. The third-order valence-corrected chi connectivity index (χ3v) is 5.80. The van der Waals surface area contributed by atoms with Gasteiger partial charge in [0.25, 0.3) is 5.91 Å². The van der Waals surface area contributed by atoms with Crippen LogP contribution in [0.3, 0.4) is 0 Å². The molecule has 3 N–H and O–H groups in total. The molecule has 33 heavy (non-hydrogen) atoms. The second kappa shape index (κ2) is 9.89. The molecule has 4 rings (SSSR count). The highest BCUT2D eigenvalue weighted by molar-refractivity contribution is 6.03. The monoisotopic (exact) mass is 450 g/mol. The van der Waals surface area contributed by atoms with Gasteiger partial charge in [-0.2, -0.15) is 10.2 Å². The van der Waals surface area contributed by atoms with Crippen LogP contribution in [0.5, 0.6) is 0 Å². The van der Waals surface area contributed by atoms with Crippen molar-refractivity contribution in [1.82, 2.24) is 25.3 Å². The minimum Gasteiger partial charge on any atom is -0.446 e. The highest BCUT2D eigenvalue weighted by atomic mass is 16.6. The van der Waals surface area contributed by atoms with Crippen LogP contribution in [0, 0.1) is 0 Å². The van der Waals surface area contributed by atoms with Crippen LogP contribution in [-0.4, -0.2) is 44.1 Å². The summed E-state index contributed by atoms with van der Waals surface area (Å²) in [5.41, 5.74) is 3.52. The fourth-order valence-electron chi connectivity index (χ4n) is 4.01. The van der Waals surface area contributed by atoms with E-state index in [0.717, 1.165) is 37.1 Å². The van der Waals surface area contributed by atoms with Crippen LogP contribution >= 0.6 is 0 Å². The lowest BCUT2D eigenvalue weighted by Gasteiger charge is -2.14. The zero-order valence-corrected chi connectivity index (χ0v) is 19.2. The Kier molecular flexibility index (Phi) is 6.76. The lowest BCUT2D eigenvalue weighted by atomic mass is 10.0. The summed E-state index contributed by atoms with van der Waals surface area (Å²) >= 11 is 0. The molecule has 1 aliphatic rings. The van der Waals surface area contributed by atoms with Gasteiger partial charge in [-0.25, -0.2) is 9.48 Å². The number of aromatic amines is 1. The van der Waals surface area contributed by atoms with Gasteiger partial charge in [0, 0.05) is 29.9 Å². The van der Waals surface area contributed by atoms with Crippen molar-refractivity contribution in [2.75, 3.05) is 5.32 Å². The van der Waals surface area contributed by atoms with E-state index in [4.69, 9.17) is 4.74 Å². The first-order valence-corrected chi connectivity index (χ1v) is 11.4. The van der Waals surface area contributed by atoms with Crippen molar-refractivity contribution in [1.29, 1.82) is 0 Å². The van der Waals surface area contributed by atoms with Crippen molar-refractivity contribution in [2.45, 2.75) is 64.5 Å². The summed E-state index contributed by atoms with van der Waals surface area (Å²) in [7, 11) is 0. The summed E-state index contributed by atoms with van der Waals surface area (Å²) in [5, 5.41) is 17.1. The Morgan fingerprint density at radius 2 is 2.03 bits per heavy atom. The predicted octanol–water partition coefficient (Wildman–Crippen LogP) is 4.18. The molecule has 0 bridgehead atoms. The Morgan fingerprint density at radius 1 is 1.24 bits per heavy atom. The van der Waals surface area contributed by atoms with Gasteiger partial charge in [-0.3, -0.25) is 9.89 Å². The molecule has 0 unspecified atom stereocenters. The average molecular weight is 451 g/mol. The number of ether oxygens (including phenoxy) is 1. The molecule has 1 saturated carbocycles. The molecule has 2 amide bonds. The number of amides is 2. The van der Waals surface area contributed by atoms with Crippen molar-refractivity contribution in [3.8, 4) is 5.69 Å². The zero-order chi connectivity index (χ0) is 23.4. The molecular formula is C24H30N6O3. The smallest absolute Gasteiger partial charge is 0.407 e. The first-order chi connectivity index (χ1) is 15.9. The van der Waals surface area contributed by atoms with E-state index in [1.807, 2.05) is 32.0 Å². The van der Waals surface area contributed by atoms with E-state index in [-0.39, 0.29) is 30.1 Å². The van der Waals surface area contributed by atoms with Crippen LogP contribution in [-0.2, 0) is 11.2 Å². The number of benzene rings is 1. The molecular weight excluding hydrogens is 420 g/mol. The normalized spacial score (nSPS) is 17.8. The molecule has 9 nitrogen and oxygen atoms in total. The number of aromatic nitrogens is 4. The first-order valence-electron chi connectivity index (χ1n) is 11.4. The van der Waals surface area contributed by atoms with Gasteiger partial charge in [0.2, 0.25) is 0 Å². The molecule has 2 aromatic heterocycles. The van der Waals surface area contributed by atoms with Crippen molar-refractivity contribution in [3.63, 3.8) is 0 Å². The Bertz CT molecular complexity index is 1100. The fraction of sp³-hybridized carbons (Fsp3) is 0.417. The maximum atomic E-state index is 12.7. The number of carbonyl (C=O) groups is 2. The molecule has 9 heteroatoms. The number of alkyl carbamates (subject to hydrolysis) is 1. The number of aryl methyl sites for hydroxylation is 1. The third-order valence-electron chi connectivity index (χ3n) is 5.80. The third kappa shape index (κ3) is 5.60. The van der Waals surface area contributed by atoms with Crippen LogP contribution in [0.25, 0.3) is 5.69 Å². The molecule has 0 radical (unpaired) electrons. The van der Waals surface area contributed by atoms with E-state index < -0.39 is 0 Å². The van der Waals surface area contributed by atoms with Gasteiger partial charge >= 0.3 is 6.09 Å². The number of anilines is 1. The zero-order valence-electron chi connectivity index (χ0n) is 19.2. The Morgan fingerprint density at radius 3 is 2.76 bits per heavy atom. The van der Waals surface area contributed by atoms with E-state index >= 15 is 0 Å². The van der Waals surface area contributed by atoms with Crippen LogP contribution in [0.2, 0.25) is 0 Å². The molecule has 1 fully saturated rings. The van der Waals surface area contributed by atoms with Crippen LogP contribution in [0.15, 0.2) is 42.7 Å². The van der Waals surface area contributed by atoms with Gasteiger partial charge in [0.1, 0.15) is 6.10 Å². The molecule has 0 saturated heterocycles. The maximum absolute atomic E-state index is 12.7. The largest absolute Gasteiger partial charge is 0.446 e. The van der Waals surface area contributed by atoms with Crippen LogP contribution < -0.4 is 10.6 Å². The van der Waals surface area contributed by atoms with E-state index in [0.29, 0.717) is 11.4 Å². The Balaban J connectivity index is 1.33. The number of carbonyl (C=O) groups excluding carboxylic acids is 2. The topological polar surface area (TPSA) is 114 Å². The van der Waals surface area contributed by atoms with Crippen molar-refractivity contribution < 1.29 is 14.3 Å². The van der Waals surface area contributed by atoms with Gasteiger partial charge in [-0.15, -0.1) is 0 Å². The summed E-state index contributed by atoms with van der Waals surface area (Å²) in [6.45, 7) is 5.90. The van der Waals surface area contributed by atoms with E-state index in [9.17, 15) is 9.59 Å². The summed E-state index contributed by atoms with van der Waals surface area (Å²) in [6.07, 6.45) is 6.13. The lowest BCUT2D eigenvalue weighted by Crippen LogP contribution is -2.33. The number of nitrogens with zero attached hydrogens (tertiary/aromatic N) is 3. The lowest BCUT2D eigenvalue weighted by molar-refractivity contribution is 0.0979. The fourth-order valence-corrected chi connectivity index (χ4v) is 4.01. The van der Waals surface area contributed by atoms with Gasteiger partial charge in [0.05, 0.1) is 17.4 Å². The second-order valence-corrected chi connectivity index (χ2v) is 8.69. The summed E-state index contributed by atoms with van der Waals surface area (Å²) < 4.78 is 7.17. The Hall–Kier alpha value is -3.62. The average Bonchev–Trinajstić information content (AvgIpc) is 3.54. The van der Waals surface area contributed by atoms with Crippen molar-refractivity contribution in [2.24, 2.45) is 0 Å². The van der Waals surface area contributed by atoms with Gasteiger partial charge in [-0.1, -0.05) is 19.1 Å². The van der Waals surface area contributed by atoms with Crippen LogP contribution in [0.1, 0.15) is 67.6 Å². The first kappa shape index (κ1) is 22.6.